The van der Waals surface area contributed by atoms with Crippen LogP contribution in [-0.2, 0) is 0 Å². The van der Waals surface area contributed by atoms with Crippen molar-refractivity contribution in [1.82, 2.24) is 0 Å². The fourth-order valence-electron chi connectivity index (χ4n) is 1.58. The van der Waals surface area contributed by atoms with Gasteiger partial charge in [-0.3, -0.25) is 4.79 Å². The molecule has 0 saturated carbocycles. The van der Waals surface area contributed by atoms with Crippen LogP contribution < -0.4 is 4.90 Å². The van der Waals surface area contributed by atoms with E-state index in [1.165, 1.54) is 0 Å². The summed E-state index contributed by atoms with van der Waals surface area (Å²) in [5.41, 5.74) is 1.31. The van der Waals surface area contributed by atoms with Gasteiger partial charge in [0.05, 0.1) is 17.1 Å². The Bertz CT molecular complexity index is 409. The maximum Gasteiger partial charge on any atom is 0.153 e. The van der Waals surface area contributed by atoms with Gasteiger partial charge in [-0.15, -0.1) is 6.42 Å². The van der Waals surface area contributed by atoms with E-state index in [1.807, 2.05) is 17.0 Å². The highest BCUT2D eigenvalue weighted by atomic mass is 35.5. The first-order valence-corrected chi connectivity index (χ1v) is 5.54. The smallest absolute Gasteiger partial charge is 0.153 e. The van der Waals surface area contributed by atoms with Gasteiger partial charge in [0.1, 0.15) is 0 Å². The van der Waals surface area contributed by atoms with Crippen LogP contribution in [0.4, 0.5) is 5.69 Å². The van der Waals surface area contributed by atoms with E-state index < -0.39 is 0 Å². The minimum Gasteiger partial charge on any atom is -0.360 e. The molecule has 0 amide bonds. The molecule has 16 heavy (non-hydrogen) atoms. The van der Waals surface area contributed by atoms with Crippen LogP contribution in [0.2, 0.25) is 5.02 Å². The molecule has 0 aliphatic rings. The number of hydrogen-bond donors (Lipinski definition) is 0. The molecule has 0 aliphatic heterocycles. The van der Waals surface area contributed by atoms with Crippen LogP contribution in [0.1, 0.15) is 23.7 Å². The van der Waals surface area contributed by atoms with E-state index in [0.717, 1.165) is 24.9 Å². The van der Waals surface area contributed by atoms with Crippen molar-refractivity contribution in [2.24, 2.45) is 0 Å². The first-order chi connectivity index (χ1) is 7.74. The third-order valence-electron chi connectivity index (χ3n) is 2.26. The summed E-state index contributed by atoms with van der Waals surface area (Å²) in [5, 5.41) is 0.464. The Kier molecular flexibility index (Phi) is 4.88. The van der Waals surface area contributed by atoms with Crippen LogP contribution >= 0.6 is 11.6 Å². The molecule has 0 saturated heterocycles. The third kappa shape index (κ3) is 2.77. The Morgan fingerprint density at radius 3 is 2.88 bits per heavy atom. The minimum absolute atomic E-state index is 0.464. The molecule has 1 aromatic carbocycles. The van der Waals surface area contributed by atoms with Crippen molar-refractivity contribution in [2.75, 3.05) is 18.0 Å². The largest absolute Gasteiger partial charge is 0.360 e. The topological polar surface area (TPSA) is 20.3 Å². The fraction of sp³-hybridized carbons (Fsp3) is 0.308. The van der Waals surface area contributed by atoms with Gasteiger partial charge in [-0.1, -0.05) is 30.5 Å². The molecule has 0 N–H and O–H groups in total. The van der Waals surface area contributed by atoms with Crippen molar-refractivity contribution in [1.29, 1.82) is 0 Å². The normalized spacial score (nSPS) is 9.56. The highest BCUT2D eigenvalue weighted by molar-refractivity contribution is 6.33. The first-order valence-electron chi connectivity index (χ1n) is 5.16. The molecular weight excluding hydrogens is 222 g/mol. The van der Waals surface area contributed by atoms with E-state index in [2.05, 4.69) is 12.8 Å². The van der Waals surface area contributed by atoms with Gasteiger partial charge in [-0.05, 0) is 18.6 Å². The van der Waals surface area contributed by atoms with Crippen molar-refractivity contribution >= 4 is 23.6 Å². The third-order valence-corrected chi connectivity index (χ3v) is 2.59. The zero-order chi connectivity index (χ0) is 12.0. The quantitative estimate of drug-likeness (QED) is 0.578. The molecule has 1 rings (SSSR count). The fourth-order valence-corrected chi connectivity index (χ4v) is 1.80. The molecule has 84 valence electrons. The number of benzene rings is 1. The Morgan fingerprint density at radius 1 is 1.56 bits per heavy atom. The Balaban J connectivity index is 3.13. The molecule has 0 atom stereocenters. The van der Waals surface area contributed by atoms with Gasteiger partial charge in [0, 0.05) is 12.2 Å². The number of hydrogen-bond acceptors (Lipinski definition) is 2. The van der Waals surface area contributed by atoms with Crippen molar-refractivity contribution in [3.63, 3.8) is 0 Å². The highest BCUT2D eigenvalue weighted by Gasteiger charge is 2.11. The molecule has 0 unspecified atom stereocenters. The van der Waals surface area contributed by atoms with Gasteiger partial charge in [0.25, 0.3) is 0 Å². The van der Waals surface area contributed by atoms with Crippen LogP contribution in [0, 0.1) is 12.3 Å². The molecule has 2 nitrogen and oxygen atoms in total. The molecule has 0 aromatic heterocycles. The number of halogens is 1. The number of anilines is 1. The Labute approximate surface area is 101 Å². The summed E-state index contributed by atoms with van der Waals surface area (Å²) in [4.78, 5) is 13.0. The van der Waals surface area contributed by atoms with Crippen molar-refractivity contribution in [2.45, 2.75) is 13.3 Å². The van der Waals surface area contributed by atoms with Crippen LogP contribution in [0.3, 0.4) is 0 Å². The second-order valence-electron chi connectivity index (χ2n) is 3.42. The summed E-state index contributed by atoms with van der Waals surface area (Å²) in [5.74, 6) is 2.59. The lowest BCUT2D eigenvalue weighted by atomic mass is 10.1. The van der Waals surface area contributed by atoms with E-state index in [4.69, 9.17) is 18.0 Å². The molecule has 0 spiro atoms. The summed E-state index contributed by atoms with van der Waals surface area (Å²) in [6, 6.07) is 5.39. The average Bonchev–Trinajstić information content (AvgIpc) is 2.28. The molecule has 0 bridgehead atoms. The molecule has 0 fully saturated rings. The molecule has 0 radical (unpaired) electrons. The van der Waals surface area contributed by atoms with Gasteiger partial charge in [0.15, 0.2) is 6.29 Å². The van der Waals surface area contributed by atoms with Gasteiger partial charge in [0.2, 0.25) is 0 Å². The molecular formula is C13H14ClNO. The van der Waals surface area contributed by atoms with E-state index >= 15 is 0 Å². The van der Waals surface area contributed by atoms with Gasteiger partial charge in [-0.25, -0.2) is 0 Å². The molecule has 0 aliphatic carbocycles. The average molecular weight is 236 g/mol. The predicted octanol–water partition coefficient (Wildman–Crippen LogP) is 3.00. The maximum atomic E-state index is 11.0. The molecule has 0 heterocycles. The summed E-state index contributed by atoms with van der Waals surface area (Å²) in [6.07, 6.45) is 7.05. The number of carbonyl (C=O) groups excluding carboxylic acids is 1. The Hall–Kier alpha value is -1.46. The van der Waals surface area contributed by atoms with Gasteiger partial charge in [-0.2, -0.15) is 0 Å². The minimum atomic E-state index is 0.464. The Morgan fingerprint density at radius 2 is 2.31 bits per heavy atom. The first kappa shape index (κ1) is 12.6. The van der Waals surface area contributed by atoms with Crippen molar-refractivity contribution in [3.05, 3.63) is 28.8 Å². The SMILES string of the molecule is C#CCN(CCC)c1cccc(Cl)c1C=O. The maximum absolute atomic E-state index is 11.0. The molecule has 3 heteroatoms. The number of terminal acetylenes is 1. The highest BCUT2D eigenvalue weighted by Crippen LogP contribution is 2.25. The van der Waals surface area contributed by atoms with Gasteiger partial charge < -0.3 is 4.90 Å². The standard InChI is InChI=1S/C13H14ClNO/c1-3-8-15(9-4-2)13-7-5-6-12(14)11(13)10-16/h1,5-7,10H,4,8-9H2,2H3. The number of carbonyl (C=O) groups is 1. The number of nitrogens with zero attached hydrogens (tertiary/aromatic N) is 1. The summed E-state index contributed by atoms with van der Waals surface area (Å²) < 4.78 is 0. The monoisotopic (exact) mass is 235 g/mol. The number of rotatable bonds is 5. The van der Waals surface area contributed by atoms with E-state index in [-0.39, 0.29) is 0 Å². The summed E-state index contributed by atoms with van der Waals surface area (Å²) in [6.45, 7) is 3.36. The predicted molar refractivity (Wildman–Crippen MR) is 68.2 cm³/mol. The second-order valence-corrected chi connectivity index (χ2v) is 3.82. The van der Waals surface area contributed by atoms with E-state index in [9.17, 15) is 4.79 Å². The zero-order valence-corrected chi connectivity index (χ0v) is 10.00. The second kappa shape index (κ2) is 6.19. The zero-order valence-electron chi connectivity index (χ0n) is 9.24. The van der Waals surface area contributed by atoms with Crippen LogP contribution in [0.5, 0.6) is 0 Å². The summed E-state index contributed by atoms with van der Waals surface area (Å²) in [7, 11) is 0. The molecule has 1 aromatic rings. The number of aldehydes is 1. The van der Waals surface area contributed by atoms with Gasteiger partial charge >= 0.3 is 0 Å². The van der Waals surface area contributed by atoms with Crippen LogP contribution in [0.15, 0.2) is 18.2 Å². The lowest BCUT2D eigenvalue weighted by molar-refractivity contribution is 0.112. The van der Waals surface area contributed by atoms with E-state index in [1.54, 1.807) is 6.07 Å². The van der Waals surface area contributed by atoms with Crippen LogP contribution in [-0.4, -0.2) is 19.4 Å². The van der Waals surface area contributed by atoms with E-state index in [0.29, 0.717) is 17.1 Å². The van der Waals surface area contributed by atoms with Crippen molar-refractivity contribution < 1.29 is 4.79 Å². The van der Waals surface area contributed by atoms with Crippen LogP contribution in [0.25, 0.3) is 0 Å². The lowest BCUT2D eigenvalue weighted by Crippen LogP contribution is -2.25. The van der Waals surface area contributed by atoms with Crippen molar-refractivity contribution in [3.8, 4) is 12.3 Å². The lowest BCUT2D eigenvalue weighted by Gasteiger charge is -2.23. The summed E-state index contributed by atoms with van der Waals surface area (Å²) >= 11 is 5.96.